The Bertz CT molecular complexity index is 93.3. The molecule has 0 amide bonds. The van der Waals surface area contributed by atoms with Crippen LogP contribution in [-0.4, -0.2) is 30.6 Å². The van der Waals surface area contributed by atoms with Gasteiger partial charge in [-0.05, 0) is 32.4 Å². The molecule has 1 heterocycles. The summed E-state index contributed by atoms with van der Waals surface area (Å²) < 4.78 is 0. The Kier molecular flexibility index (Phi) is 3.16. The molecule has 0 spiro atoms. The van der Waals surface area contributed by atoms with Crippen LogP contribution in [0.1, 0.15) is 26.2 Å². The van der Waals surface area contributed by atoms with Gasteiger partial charge < -0.3 is 5.73 Å². The number of nitrogens with two attached hydrogens (primary N) is 1. The van der Waals surface area contributed by atoms with Crippen LogP contribution >= 0.6 is 0 Å². The van der Waals surface area contributed by atoms with E-state index in [0.29, 0.717) is 6.04 Å². The third kappa shape index (κ3) is 1.70. The highest BCUT2D eigenvalue weighted by Crippen LogP contribution is 2.15. The zero-order valence-electron chi connectivity index (χ0n) is 6.84. The molecule has 1 aliphatic heterocycles. The minimum absolute atomic E-state index is 0.694. The first-order valence-corrected chi connectivity index (χ1v) is 4.32. The summed E-state index contributed by atoms with van der Waals surface area (Å²) >= 11 is 0. The van der Waals surface area contributed by atoms with E-state index in [-0.39, 0.29) is 0 Å². The summed E-state index contributed by atoms with van der Waals surface area (Å²) in [6.45, 7) is 5.59. The van der Waals surface area contributed by atoms with Gasteiger partial charge in [0.1, 0.15) is 0 Å². The molecule has 0 aromatic rings. The Hall–Kier alpha value is -0.0800. The summed E-state index contributed by atoms with van der Waals surface area (Å²) in [4.78, 5) is 2.51. The normalized spacial score (nSPS) is 27.6. The van der Waals surface area contributed by atoms with Crippen molar-refractivity contribution in [1.29, 1.82) is 0 Å². The molecule has 2 heteroatoms. The van der Waals surface area contributed by atoms with Crippen LogP contribution in [0, 0.1) is 0 Å². The Morgan fingerprint density at radius 2 is 2.40 bits per heavy atom. The molecule has 0 saturated carbocycles. The van der Waals surface area contributed by atoms with Crippen molar-refractivity contribution in [2.45, 2.75) is 32.2 Å². The average Bonchev–Trinajstić information content (AvgIpc) is 2.36. The quantitative estimate of drug-likeness (QED) is 0.632. The summed E-state index contributed by atoms with van der Waals surface area (Å²) in [5, 5.41) is 0. The fraction of sp³-hybridized carbons (Fsp3) is 1.00. The van der Waals surface area contributed by atoms with Gasteiger partial charge in [-0.2, -0.15) is 0 Å². The van der Waals surface area contributed by atoms with Crippen molar-refractivity contribution < 1.29 is 0 Å². The number of rotatable bonds is 3. The average molecular weight is 142 g/mol. The maximum atomic E-state index is 5.61. The molecule has 0 bridgehead atoms. The van der Waals surface area contributed by atoms with Gasteiger partial charge in [-0.25, -0.2) is 0 Å². The van der Waals surface area contributed by atoms with E-state index in [9.17, 15) is 0 Å². The molecule has 1 saturated heterocycles. The zero-order chi connectivity index (χ0) is 7.40. The lowest BCUT2D eigenvalue weighted by atomic mass is 10.2. The monoisotopic (exact) mass is 142 g/mol. The molecule has 1 rings (SSSR count). The number of nitrogens with zero attached hydrogens (tertiary/aromatic N) is 1. The second kappa shape index (κ2) is 3.94. The second-order valence-electron chi connectivity index (χ2n) is 3.07. The van der Waals surface area contributed by atoms with Crippen molar-refractivity contribution in [2.24, 2.45) is 5.73 Å². The molecule has 10 heavy (non-hydrogen) atoms. The molecule has 0 aliphatic carbocycles. The first-order chi connectivity index (χ1) is 4.88. The van der Waals surface area contributed by atoms with E-state index >= 15 is 0 Å². The van der Waals surface area contributed by atoms with Crippen molar-refractivity contribution in [2.75, 3.05) is 19.6 Å². The standard InChI is InChI=1S/C8H18N2/c1-2-5-10-6-3-4-8(10)7-9/h8H,2-7,9H2,1H3/t8-/m1/s1. The summed E-state index contributed by atoms with van der Waals surface area (Å²) in [6, 6.07) is 0.694. The third-order valence-electron chi connectivity index (χ3n) is 2.28. The summed E-state index contributed by atoms with van der Waals surface area (Å²) in [7, 11) is 0. The highest BCUT2D eigenvalue weighted by molar-refractivity contribution is 4.78. The molecular formula is C8H18N2. The molecule has 1 fully saturated rings. The summed E-state index contributed by atoms with van der Waals surface area (Å²) in [5.74, 6) is 0. The van der Waals surface area contributed by atoms with Gasteiger partial charge in [0.25, 0.3) is 0 Å². The van der Waals surface area contributed by atoms with E-state index in [0.717, 1.165) is 6.54 Å². The van der Waals surface area contributed by atoms with Crippen molar-refractivity contribution in [3.05, 3.63) is 0 Å². The van der Waals surface area contributed by atoms with Crippen LogP contribution in [0.4, 0.5) is 0 Å². The highest BCUT2D eigenvalue weighted by atomic mass is 15.2. The fourth-order valence-corrected chi connectivity index (χ4v) is 1.74. The SMILES string of the molecule is CCCN1CCC[C@@H]1CN. The van der Waals surface area contributed by atoms with Crippen LogP contribution in [0.5, 0.6) is 0 Å². The van der Waals surface area contributed by atoms with Gasteiger partial charge in [0.05, 0.1) is 0 Å². The number of hydrogen-bond donors (Lipinski definition) is 1. The van der Waals surface area contributed by atoms with Crippen LogP contribution in [0.2, 0.25) is 0 Å². The molecule has 60 valence electrons. The molecular weight excluding hydrogens is 124 g/mol. The predicted molar refractivity (Wildman–Crippen MR) is 43.9 cm³/mol. The third-order valence-corrected chi connectivity index (χ3v) is 2.28. The molecule has 0 aromatic heterocycles. The zero-order valence-corrected chi connectivity index (χ0v) is 6.84. The van der Waals surface area contributed by atoms with Gasteiger partial charge in [-0.1, -0.05) is 6.92 Å². The van der Waals surface area contributed by atoms with Crippen LogP contribution in [0.15, 0.2) is 0 Å². The lowest BCUT2D eigenvalue weighted by Crippen LogP contribution is -2.35. The number of hydrogen-bond acceptors (Lipinski definition) is 2. The smallest absolute Gasteiger partial charge is 0.0218 e. The van der Waals surface area contributed by atoms with Crippen molar-refractivity contribution in [3.63, 3.8) is 0 Å². The van der Waals surface area contributed by atoms with Crippen molar-refractivity contribution >= 4 is 0 Å². The maximum Gasteiger partial charge on any atom is 0.0218 e. The maximum absolute atomic E-state index is 5.61. The Labute approximate surface area is 63.4 Å². The molecule has 1 aliphatic rings. The largest absolute Gasteiger partial charge is 0.329 e. The molecule has 2 N–H and O–H groups in total. The molecule has 0 radical (unpaired) electrons. The van der Waals surface area contributed by atoms with Crippen LogP contribution in [-0.2, 0) is 0 Å². The van der Waals surface area contributed by atoms with E-state index < -0.39 is 0 Å². The van der Waals surface area contributed by atoms with Gasteiger partial charge in [-0.3, -0.25) is 4.90 Å². The molecule has 0 unspecified atom stereocenters. The van der Waals surface area contributed by atoms with E-state index in [1.54, 1.807) is 0 Å². The topological polar surface area (TPSA) is 29.3 Å². The van der Waals surface area contributed by atoms with Crippen molar-refractivity contribution in [1.82, 2.24) is 4.90 Å². The summed E-state index contributed by atoms with van der Waals surface area (Å²) in [6.07, 6.45) is 3.93. The Morgan fingerprint density at radius 1 is 1.60 bits per heavy atom. The van der Waals surface area contributed by atoms with E-state index in [2.05, 4.69) is 11.8 Å². The molecule has 1 atom stereocenters. The van der Waals surface area contributed by atoms with Gasteiger partial charge in [0.2, 0.25) is 0 Å². The summed E-state index contributed by atoms with van der Waals surface area (Å²) in [5.41, 5.74) is 5.61. The fourth-order valence-electron chi connectivity index (χ4n) is 1.74. The first kappa shape index (κ1) is 8.02. The van der Waals surface area contributed by atoms with Gasteiger partial charge >= 0.3 is 0 Å². The van der Waals surface area contributed by atoms with Crippen LogP contribution < -0.4 is 5.73 Å². The number of likely N-dealkylation sites (tertiary alicyclic amines) is 1. The van der Waals surface area contributed by atoms with E-state index in [4.69, 9.17) is 5.73 Å². The van der Waals surface area contributed by atoms with Crippen LogP contribution in [0.25, 0.3) is 0 Å². The lowest BCUT2D eigenvalue weighted by Gasteiger charge is -2.21. The van der Waals surface area contributed by atoms with E-state index in [1.807, 2.05) is 0 Å². The minimum atomic E-state index is 0.694. The highest BCUT2D eigenvalue weighted by Gasteiger charge is 2.21. The molecule has 2 nitrogen and oxygen atoms in total. The Balaban J connectivity index is 2.27. The van der Waals surface area contributed by atoms with Gasteiger partial charge in [-0.15, -0.1) is 0 Å². The van der Waals surface area contributed by atoms with Crippen molar-refractivity contribution in [3.8, 4) is 0 Å². The lowest BCUT2D eigenvalue weighted by molar-refractivity contribution is 0.259. The predicted octanol–water partition coefficient (Wildman–Crippen LogP) is 0.820. The van der Waals surface area contributed by atoms with Gasteiger partial charge in [0.15, 0.2) is 0 Å². The Morgan fingerprint density at radius 3 is 3.00 bits per heavy atom. The molecule has 0 aromatic carbocycles. The minimum Gasteiger partial charge on any atom is -0.329 e. The van der Waals surface area contributed by atoms with Gasteiger partial charge in [0, 0.05) is 12.6 Å². The van der Waals surface area contributed by atoms with Crippen LogP contribution in [0.3, 0.4) is 0 Å². The first-order valence-electron chi connectivity index (χ1n) is 4.32. The van der Waals surface area contributed by atoms with E-state index in [1.165, 1.54) is 32.4 Å². The second-order valence-corrected chi connectivity index (χ2v) is 3.07.